The standard InChI is InChI=1S/C10H12N2O3S/c13-10(14)8-1-2-9(12-11-8)16-7-3-5-15-6-4-7/h1-2,7H,3-6H2,(H,13,14). The van der Waals surface area contributed by atoms with Crippen molar-refractivity contribution in [3.8, 4) is 0 Å². The highest BCUT2D eigenvalue weighted by Crippen LogP contribution is 2.27. The fourth-order valence-corrected chi connectivity index (χ4v) is 2.47. The van der Waals surface area contributed by atoms with E-state index in [0.717, 1.165) is 31.1 Å². The summed E-state index contributed by atoms with van der Waals surface area (Å²) in [7, 11) is 0. The van der Waals surface area contributed by atoms with Crippen molar-refractivity contribution in [1.82, 2.24) is 10.2 Å². The molecule has 1 N–H and O–H groups in total. The average Bonchev–Trinajstić information content (AvgIpc) is 2.31. The summed E-state index contributed by atoms with van der Waals surface area (Å²) in [5.41, 5.74) is -0.0173. The van der Waals surface area contributed by atoms with Gasteiger partial charge in [-0.2, -0.15) is 0 Å². The highest BCUT2D eigenvalue weighted by atomic mass is 32.2. The molecule has 2 heterocycles. The topological polar surface area (TPSA) is 72.3 Å². The predicted octanol–water partition coefficient (Wildman–Crippen LogP) is 1.45. The van der Waals surface area contributed by atoms with Crippen molar-refractivity contribution in [1.29, 1.82) is 0 Å². The molecular weight excluding hydrogens is 228 g/mol. The number of nitrogens with zero attached hydrogens (tertiary/aromatic N) is 2. The second-order valence-electron chi connectivity index (χ2n) is 3.49. The Morgan fingerprint density at radius 2 is 2.12 bits per heavy atom. The van der Waals surface area contributed by atoms with Gasteiger partial charge in [-0.15, -0.1) is 22.0 Å². The first-order chi connectivity index (χ1) is 7.75. The van der Waals surface area contributed by atoms with Crippen molar-refractivity contribution in [2.45, 2.75) is 23.1 Å². The van der Waals surface area contributed by atoms with E-state index in [1.54, 1.807) is 17.8 Å². The van der Waals surface area contributed by atoms with Gasteiger partial charge in [-0.25, -0.2) is 4.79 Å². The van der Waals surface area contributed by atoms with Crippen LogP contribution in [-0.2, 0) is 4.74 Å². The number of hydrogen-bond acceptors (Lipinski definition) is 5. The lowest BCUT2D eigenvalue weighted by Gasteiger charge is -2.20. The molecule has 86 valence electrons. The van der Waals surface area contributed by atoms with Gasteiger partial charge in [0.05, 0.1) is 0 Å². The molecule has 0 aromatic carbocycles. The van der Waals surface area contributed by atoms with Crippen molar-refractivity contribution >= 4 is 17.7 Å². The van der Waals surface area contributed by atoms with Crippen molar-refractivity contribution < 1.29 is 14.6 Å². The zero-order chi connectivity index (χ0) is 11.4. The SMILES string of the molecule is O=C(O)c1ccc(SC2CCOCC2)nn1. The summed E-state index contributed by atoms with van der Waals surface area (Å²) in [5.74, 6) is -1.05. The molecule has 1 aromatic heterocycles. The normalized spacial score (nSPS) is 17.2. The van der Waals surface area contributed by atoms with Crippen LogP contribution in [0.2, 0.25) is 0 Å². The van der Waals surface area contributed by atoms with Crippen LogP contribution in [0, 0.1) is 0 Å². The molecule has 1 fully saturated rings. The maximum Gasteiger partial charge on any atom is 0.356 e. The molecular formula is C10H12N2O3S. The predicted molar refractivity (Wildman–Crippen MR) is 58.7 cm³/mol. The summed E-state index contributed by atoms with van der Waals surface area (Å²) < 4.78 is 5.26. The van der Waals surface area contributed by atoms with Crippen LogP contribution in [0.5, 0.6) is 0 Å². The lowest BCUT2D eigenvalue weighted by molar-refractivity contribution is 0.0689. The lowest BCUT2D eigenvalue weighted by Crippen LogP contribution is -2.17. The van der Waals surface area contributed by atoms with Gasteiger partial charge in [-0.3, -0.25) is 0 Å². The number of aromatic nitrogens is 2. The van der Waals surface area contributed by atoms with E-state index in [1.165, 1.54) is 6.07 Å². The Balaban J connectivity index is 1.96. The van der Waals surface area contributed by atoms with Crippen LogP contribution in [0.15, 0.2) is 17.2 Å². The molecule has 0 amide bonds. The van der Waals surface area contributed by atoms with Gasteiger partial charge in [0.25, 0.3) is 0 Å². The molecule has 0 radical (unpaired) electrons. The van der Waals surface area contributed by atoms with Gasteiger partial charge in [0.15, 0.2) is 5.69 Å². The van der Waals surface area contributed by atoms with E-state index in [2.05, 4.69) is 10.2 Å². The van der Waals surface area contributed by atoms with Crippen LogP contribution in [0.4, 0.5) is 0 Å². The van der Waals surface area contributed by atoms with Crippen LogP contribution in [0.25, 0.3) is 0 Å². The third-order valence-electron chi connectivity index (χ3n) is 2.31. The summed E-state index contributed by atoms with van der Waals surface area (Å²) in [5, 5.41) is 17.5. The number of thioether (sulfide) groups is 1. The first-order valence-electron chi connectivity index (χ1n) is 5.07. The molecule has 0 spiro atoms. The van der Waals surface area contributed by atoms with Crippen molar-refractivity contribution in [3.05, 3.63) is 17.8 Å². The zero-order valence-electron chi connectivity index (χ0n) is 8.63. The summed E-state index contributed by atoms with van der Waals surface area (Å²) in [6.07, 6.45) is 2.01. The van der Waals surface area contributed by atoms with E-state index in [0.29, 0.717) is 5.25 Å². The Hall–Kier alpha value is -1.14. The molecule has 1 saturated heterocycles. The highest BCUT2D eigenvalue weighted by Gasteiger charge is 2.16. The Labute approximate surface area is 97.2 Å². The van der Waals surface area contributed by atoms with Crippen LogP contribution >= 0.6 is 11.8 Å². The molecule has 0 unspecified atom stereocenters. The number of aromatic carboxylic acids is 1. The van der Waals surface area contributed by atoms with Gasteiger partial charge in [-0.1, -0.05) is 0 Å². The molecule has 0 atom stereocenters. The number of carboxylic acids is 1. The van der Waals surface area contributed by atoms with Gasteiger partial charge in [0.1, 0.15) is 5.03 Å². The summed E-state index contributed by atoms with van der Waals surface area (Å²) in [6, 6.07) is 3.19. The van der Waals surface area contributed by atoms with E-state index in [4.69, 9.17) is 9.84 Å². The summed E-state index contributed by atoms with van der Waals surface area (Å²) in [4.78, 5) is 10.6. The molecule has 5 nitrogen and oxygen atoms in total. The summed E-state index contributed by atoms with van der Waals surface area (Å²) >= 11 is 1.64. The fourth-order valence-electron chi connectivity index (χ4n) is 1.46. The third-order valence-corrected chi connectivity index (χ3v) is 3.58. The van der Waals surface area contributed by atoms with Gasteiger partial charge >= 0.3 is 5.97 Å². The minimum absolute atomic E-state index is 0.0173. The summed E-state index contributed by atoms with van der Waals surface area (Å²) in [6.45, 7) is 1.58. The number of ether oxygens (including phenoxy) is 1. The average molecular weight is 240 g/mol. The molecule has 16 heavy (non-hydrogen) atoms. The Kier molecular flexibility index (Phi) is 3.74. The van der Waals surface area contributed by atoms with Crippen molar-refractivity contribution in [2.75, 3.05) is 13.2 Å². The van der Waals surface area contributed by atoms with Crippen LogP contribution in [0.1, 0.15) is 23.3 Å². The number of carbonyl (C=O) groups is 1. The molecule has 6 heteroatoms. The molecule has 2 rings (SSSR count). The molecule has 1 aliphatic heterocycles. The Morgan fingerprint density at radius 1 is 1.38 bits per heavy atom. The van der Waals surface area contributed by atoms with Crippen LogP contribution in [0.3, 0.4) is 0 Å². The molecule has 0 saturated carbocycles. The van der Waals surface area contributed by atoms with Gasteiger partial charge < -0.3 is 9.84 Å². The highest BCUT2D eigenvalue weighted by molar-refractivity contribution is 7.99. The number of carboxylic acid groups (broad SMARTS) is 1. The fraction of sp³-hybridized carbons (Fsp3) is 0.500. The van der Waals surface area contributed by atoms with E-state index >= 15 is 0 Å². The first kappa shape index (κ1) is 11.3. The smallest absolute Gasteiger partial charge is 0.356 e. The second kappa shape index (κ2) is 5.27. The first-order valence-corrected chi connectivity index (χ1v) is 5.95. The zero-order valence-corrected chi connectivity index (χ0v) is 9.44. The Morgan fingerprint density at radius 3 is 2.69 bits per heavy atom. The maximum absolute atomic E-state index is 10.6. The van der Waals surface area contributed by atoms with E-state index in [9.17, 15) is 4.79 Å². The largest absolute Gasteiger partial charge is 0.476 e. The third kappa shape index (κ3) is 2.93. The van der Waals surface area contributed by atoms with E-state index in [-0.39, 0.29) is 5.69 Å². The molecule has 0 aliphatic carbocycles. The van der Waals surface area contributed by atoms with Gasteiger partial charge in [-0.05, 0) is 25.0 Å². The maximum atomic E-state index is 10.6. The second-order valence-corrected chi connectivity index (χ2v) is 4.81. The quantitative estimate of drug-likeness (QED) is 0.862. The molecule has 1 aliphatic rings. The minimum Gasteiger partial charge on any atom is -0.476 e. The van der Waals surface area contributed by atoms with E-state index < -0.39 is 5.97 Å². The van der Waals surface area contributed by atoms with Gasteiger partial charge in [0, 0.05) is 18.5 Å². The van der Waals surface area contributed by atoms with E-state index in [1.807, 2.05) is 0 Å². The lowest BCUT2D eigenvalue weighted by atomic mass is 10.2. The van der Waals surface area contributed by atoms with Crippen LogP contribution < -0.4 is 0 Å². The number of hydrogen-bond donors (Lipinski definition) is 1. The van der Waals surface area contributed by atoms with Crippen molar-refractivity contribution in [2.24, 2.45) is 0 Å². The Bertz CT molecular complexity index is 363. The minimum atomic E-state index is -1.05. The molecule has 1 aromatic rings. The van der Waals surface area contributed by atoms with Crippen LogP contribution in [-0.4, -0.2) is 39.7 Å². The number of rotatable bonds is 3. The monoisotopic (exact) mass is 240 g/mol. The van der Waals surface area contributed by atoms with Gasteiger partial charge in [0.2, 0.25) is 0 Å². The van der Waals surface area contributed by atoms with Crippen molar-refractivity contribution in [3.63, 3.8) is 0 Å². The molecule has 0 bridgehead atoms.